The molecule has 4 rings (SSSR count). The fraction of sp³-hybridized carbons (Fsp3) is 0.150. The number of thioether (sulfide) groups is 1. The molecule has 5 nitrogen and oxygen atoms in total. The molecule has 0 unspecified atom stereocenters. The molecule has 1 aliphatic heterocycles. The van der Waals surface area contributed by atoms with Crippen LogP contribution in [0.5, 0.6) is 0 Å². The number of benzene rings is 2. The lowest BCUT2D eigenvalue weighted by molar-refractivity contribution is -0.117. The van der Waals surface area contributed by atoms with Crippen LogP contribution in [0, 0.1) is 11.6 Å². The smallest absolute Gasteiger partial charge is 0.237 e. The Balaban J connectivity index is 1.39. The highest BCUT2D eigenvalue weighted by molar-refractivity contribution is 8.00. The summed E-state index contributed by atoms with van der Waals surface area (Å²) in [6, 6.07) is 11.1. The number of halogens is 2. The maximum Gasteiger partial charge on any atom is 0.237 e. The number of thiazole rings is 1. The van der Waals surface area contributed by atoms with Crippen LogP contribution in [0.4, 0.5) is 19.6 Å². The second-order valence-corrected chi connectivity index (χ2v) is 8.14. The molecule has 2 heterocycles. The fourth-order valence-electron chi connectivity index (χ4n) is 2.91. The van der Waals surface area contributed by atoms with Crippen LogP contribution in [0.3, 0.4) is 0 Å². The number of nitrogens with zero attached hydrogens (tertiary/aromatic N) is 2. The number of amides is 2. The molecule has 0 radical (unpaired) electrons. The summed E-state index contributed by atoms with van der Waals surface area (Å²) < 4.78 is 26.5. The van der Waals surface area contributed by atoms with Crippen molar-refractivity contribution in [1.82, 2.24) is 4.98 Å². The first-order chi connectivity index (χ1) is 14.0. The molecule has 0 atom stereocenters. The number of aromatic nitrogens is 1. The number of para-hydroxylation sites is 1. The lowest BCUT2D eigenvalue weighted by Crippen LogP contribution is -2.37. The first kappa shape index (κ1) is 19.5. The third-order valence-corrected chi connectivity index (χ3v) is 6.14. The molecule has 1 aliphatic rings. The van der Waals surface area contributed by atoms with Gasteiger partial charge in [0.1, 0.15) is 0 Å². The van der Waals surface area contributed by atoms with E-state index in [4.69, 9.17) is 0 Å². The van der Waals surface area contributed by atoms with Crippen molar-refractivity contribution in [3.63, 3.8) is 0 Å². The third kappa shape index (κ3) is 4.30. The predicted molar refractivity (Wildman–Crippen MR) is 110 cm³/mol. The number of nitrogens with one attached hydrogen (secondary N) is 1. The van der Waals surface area contributed by atoms with E-state index in [1.54, 1.807) is 10.3 Å². The van der Waals surface area contributed by atoms with Crippen LogP contribution >= 0.6 is 23.1 Å². The SMILES string of the molecule is O=C(CCN1C(=O)CSc2ccccc21)Nc1nc(-c2ccc(F)c(F)c2)cs1. The highest BCUT2D eigenvalue weighted by Gasteiger charge is 2.24. The summed E-state index contributed by atoms with van der Waals surface area (Å²) in [5.74, 6) is -1.84. The van der Waals surface area contributed by atoms with Gasteiger partial charge in [0.15, 0.2) is 16.8 Å². The number of carbonyl (C=O) groups is 2. The van der Waals surface area contributed by atoms with Gasteiger partial charge in [0.05, 0.1) is 17.1 Å². The van der Waals surface area contributed by atoms with Crippen LogP contribution in [0.1, 0.15) is 6.42 Å². The Kier molecular flexibility index (Phi) is 5.59. The third-order valence-electron chi connectivity index (χ3n) is 4.34. The van der Waals surface area contributed by atoms with Gasteiger partial charge in [-0.15, -0.1) is 23.1 Å². The maximum absolute atomic E-state index is 13.4. The van der Waals surface area contributed by atoms with Gasteiger partial charge in [-0.2, -0.15) is 0 Å². The summed E-state index contributed by atoms with van der Waals surface area (Å²) in [4.78, 5) is 31.5. The van der Waals surface area contributed by atoms with E-state index in [0.29, 0.717) is 22.1 Å². The lowest BCUT2D eigenvalue weighted by Gasteiger charge is -2.28. The van der Waals surface area contributed by atoms with E-state index in [9.17, 15) is 18.4 Å². The summed E-state index contributed by atoms with van der Waals surface area (Å²) in [6.07, 6.45) is 0.116. The van der Waals surface area contributed by atoms with Crippen molar-refractivity contribution in [3.05, 3.63) is 59.5 Å². The van der Waals surface area contributed by atoms with Crippen LogP contribution in [-0.2, 0) is 9.59 Å². The van der Waals surface area contributed by atoms with Gasteiger partial charge < -0.3 is 10.2 Å². The minimum absolute atomic E-state index is 0.0311. The van der Waals surface area contributed by atoms with Crippen molar-refractivity contribution in [2.24, 2.45) is 0 Å². The van der Waals surface area contributed by atoms with E-state index in [0.717, 1.165) is 22.7 Å². The van der Waals surface area contributed by atoms with Crippen molar-refractivity contribution in [2.75, 3.05) is 22.5 Å². The molecule has 29 heavy (non-hydrogen) atoms. The zero-order chi connectivity index (χ0) is 20.4. The number of anilines is 2. The largest absolute Gasteiger partial charge is 0.310 e. The summed E-state index contributed by atoms with van der Waals surface area (Å²) >= 11 is 2.68. The number of hydrogen-bond donors (Lipinski definition) is 1. The van der Waals surface area contributed by atoms with Crippen LogP contribution in [0.2, 0.25) is 0 Å². The van der Waals surface area contributed by atoms with Gasteiger partial charge in [0, 0.05) is 28.8 Å². The van der Waals surface area contributed by atoms with Gasteiger partial charge in [-0.05, 0) is 30.3 Å². The molecule has 3 aromatic rings. The first-order valence-electron chi connectivity index (χ1n) is 8.74. The van der Waals surface area contributed by atoms with Gasteiger partial charge in [-0.25, -0.2) is 13.8 Å². The average Bonchev–Trinajstić information content (AvgIpc) is 3.17. The molecule has 0 fully saturated rings. The quantitative estimate of drug-likeness (QED) is 0.644. The fourth-order valence-corrected chi connectivity index (χ4v) is 4.59. The Labute approximate surface area is 173 Å². The Bertz CT molecular complexity index is 1090. The average molecular weight is 431 g/mol. The van der Waals surface area contributed by atoms with Crippen LogP contribution in [-0.4, -0.2) is 29.1 Å². The van der Waals surface area contributed by atoms with Crippen LogP contribution < -0.4 is 10.2 Å². The molecule has 0 bridgehead atoms. The summed E-state index contributed by atoms with van der Waals surface area (Å²) in [6.45, 7) is 0.268. The molecule has 1 aromatic heterocycles. The number of carbonyl (C=O) groups excluding carboxylic acids is 2. The Morgan fingerprint density at radius 3 is 2.83 bits per heavy atom. The summed E-state index contributed by atoms with van der Waals surface area (Å²) in [7, 11) is 0. The molecule has 0 saturated heterocycles. The standard InChI is InChI=1S/C20H15F2N3O2S2/c21-13-6-5-12(9-14(13)22)15-10-29-20(23-15)24-18(26)7-8-25-16-3-1-2-4-17(16)28-11-19(25)27/h1-6,9-10H,7-8,11H2,(H,23,24,26). The number of hydrogen-bond acceptors (Lipinski definition) is 5. The molecule has 0 saturated carbocycles. The minimum atomic E-state index is -0.953. The van der Waals surface area contributed by atoms with E-state index in [-0.39, 0.29) is 24.8 Å². The Morgan fingerprint density at radius 1 is 1.17 bits per heavy atom. The van der Waals surface area contributed by atoms with E-state index in [2.05, 4.69) is 10.3 Å². The Hall–Kier alpha value is -2.78. The lowest BCUT2D eigenvalue weighted by atomic mass is 10.2. The maximum atomic E-state index is 13.4. The molecule has 0 spiro atoms. The van der Waals surface area contributed by atoms with E-state index in [1.165, 1.54) is 29.2 Å². The molecular formula is C20H15F2N3O2S2. The van der Waals surface area contributed by atoms with Crippen LogP contribution in [0.25, 0.3) is 11.3 Å². The molecule has 9 heteroatoms. The molecular weight excluding hydrogens is 416 g/mol. The topological polar surface area (TPSA) is 62.3 Å². The number of fused-ring (bicyclic) bond motifs is 1. The minimum Gasteiger partial charge on any atom is -0.310 e. The van der Waals surface area contributed by atoms with Gasteiger partial charge in [-0.1, -0.05) is 12.1 Å². The van der Waals surface area contributed by atoms with Crippen molar-refractivity contribution < 1.29 is 18.4 Å². The summed E-state index contributed by atoms with van der Waals surface area (Å²) in [5.41, 5.74) is 1.69. The molecule has 2 aromatic carbocycles. The van der Waals surface area contributed by atoms with Gasteiger partial charge >= 0.3 is 0 Å². The van der Waals surface area contributed by atoms with Crippen molar-refractivity contribution >= 4 is 45.7 Å². The highest BCUT2D eigenvalue weighted by Crippen LogP contribution is 2.35. The van der Waals surface area contributed by atoms with E-state index < -0.39 is 11.6 Å². The van der Waals surface area contributed by atoms with E-state index in [1.807, 2.05) is 24.3 Å². The van der Waals surface area contributed by atoms with Gasteiger partial charge in [0.25, 0.3) is 0 Å². The van der Waals surface area contributed by atoms with Crippen molar-refractivity contribution in [1.29, 1.82) is 0 Å². The van der Waals surface area contributed by atoms with Gasteiger partial charge in [0.2, 0.25) is 11.8 Å². The molecule has 1 N–H and O–H groups in total. The van der Waals surface area contributed by atoms with Gasteiger partial charge in [-0.3, -0.25) is 9.59 Å². The van der Waals surface area contributed by atoms with Crippen LogP contribution in [0.15, 0.2) is 52.7 Å². The monoisotopic (exact) mass is 431 g/mol. The first-order valence-corrected chi connectivity index (χ1v) is 10.6. The highest BCUT2D eigenvalue weighted by atomic mass is 32.2. The van der Waals surface area contributed by atoms with Crippen molar-refractivity contribution in [3.8, 4) is 11.3 Å². The zero-order valence-corrected chi connectivity index (χ0v) is 16.7. The molecule has 2 amide bonds. The zero-order valence-electron chi connectivity index (χ0n) is 15.0. The van der Waals surface area contributed by atoms with E-state index >= 15 is 0 Å². The molecule has 0 aliphatic carbocycles. The summed E-state index contributed by atoms with van der Waals surface area (Å²) in [5, 5.41) is 4.71. The van der Waals surface area contributed by atoms with Crippen molar-refractivity contribution in [2.45, 2.75) is 11.3 Å². The normalized spacial score (nSPS) is 13.3. The molecule has 148 valence electrons. The second-order valence-electron chi connectivity index (χ2n) is 6.27. The number of rotatable bonds is 5. The predicted octanol–water partition coefficient (Wildman–Crippen LogP) is 4.56. The second kappa shape index (κ2) is 8.30. The Morgan fingerprint density at radius 2 is 2.00 bits per heavy atom.